The number of ether oxygens (including phenoxy) is 2. The molecule has 0 radical (unpaired) electrons. The average Bonchev–Trinajstić information content (AvgIpc) is 3.30. The van der Waals surface area contributed by atoms with E-state index < -0.39 is 16.8 Å². The van der Waals surface area contributed by atoms with Crippen molar-refractivity contribution in [3.8, 4) is 0 Å². The topological polar surface area (TPSA) is 96.2 Å². The van der Waals surface area contributed by atoms with Gasteiger partial charge >= 0.3 is 5.97 Å². The zero-order chi connectivity index (χ0) is 21.1. The zero-order valence-electron chi connectivity index (χ0n) is 18.2. The monoisotopic (exact) mass is 418 g/mol. The molecule has 3 aliphatic rings. The minimum absolute atomic E-state index is 0. The minimum Gasteiger partial charge on any atom is -0.460 e. The van der Waals surface area contributed by atoms with Gasteiger partial charge in [-0.1, -0.05) is 33.1 Å². The van der Waals surface area contributed by atoms with Crippen LogP contribution in [0.25, 0.3) is 0 Å². The van der Waals surface area contributed by atoms with Crippen LogP contribution in [0.1, 0.15) is 105 Å². The Labute approximate surface area is 178 Å². The molecule has 0 atom stereocenters. The lowest BCUT2D eigenvalue weighted by Gasteiger charge is -2.25. The van der Waals surface area contributed by atoms with E-state index in [1.54, 1.807) is 0 Å². The number of hydrogen-bond donors (Lipinski definition) is 3. The first-order valence-electron chi connectivity index (χ1n) is 10.9. The van der Waals surface area contributed by atoms with E-state index in [2.05, 4.69) is 0 Å². The molecule has 3 rings (SSSR count). The number of aliphatic hydroxyl groups is 3. The Bertz CT molecular complexity index is 420. The van der Waals surface area contributed by atoms with E-state index in [-0.39, 0.29) is 26.4 Å². The van der Waals surface area contributed by atoms with Crippen molar-refractivity contribution in [1.82, 2.24) is 0 Å². The van der Waals surface area contributed by atoms with E-state index in [1.807, 2.05) is 20.8 Å². The largest absolute Gasteiger partial charge is 0.460 e. The van der Waals surface area contributed by atoms with Crippen molar-refractivity contribution in [3.05, 3.63) is 0 Å². The molecule has 2 saturated carbocycles. The number of rotatable bonds is 4. The molecule has 174 valence electrons. The van der Waals surface area contributed by atoms with E-state index in [4.69, 9.17) is 14.6 Å². The van der Waals surface area contributed by atoms with Crippen LogP contribution in [-0.4, -0.2) is 57.9 Å². The van der Waals surface area contributed by atoms with Gasteiger partial charge in [0, 0.05) is 19.8 Å². The second-order valence-electron chi connectivity index (χ2n) is 9.42. The lowest BCUT2D eigenvalue weighted by atomic mass is 9.98. The van der Waals surface area contributed by atoms with E-state index in [9.17, 15) is 15.0 Å². The fourth-order valence-electron chi connectivity index (χ4n) is 3.86. The van der Waals surface area contributed by atoms with Crippen LogP contribution in [0.4, 0.5) is 0 Å². The van der Waals surface area contributed by atoms with Crippen LogP contribution in [0.15, 0.2) is 0 Å². The molecule has 6 nitrogen and oxygen atoms in total. The van der Waals surface area contributed by atoms with Gasteiger partial charge in [0.1, 0.15) is 5.60 Å². The van der Waals surface area contributed by atoms with Gasteiger partial charge in [-0.15, -0.1) is 0 Å². The molecule has 0 spiro atoms. The molecule has 0 amide bonds. The average molecular weight is 419 g/mol. The summed E-state index contributed by atoms with van der Waals surface area (Å²) in [5, 5.41) is 28.0. The summed E-state index contributed by atoms with van der Waals surface area (Å²) in [7, 11) is 0. The normalized spacial score (nSPS) is 21.9. The van der Waals surface area contributed by atoms with Gasteiger partial charge in [-0.05, 0) is 65.7 Å². The molecule has 0 aromatic rings. The molecule has 0 bridgehead atoms. The van der Waals surface area contributed by atoms with E-state index in [0.717, 1.165) is 64.6 Å². The summed E-state index contributed by atoms with van der Waals surface area (Å²) in [6.45, 7) is 7.63. The van der Waals surface area contributed by atoms with Crippen molar-refractivity contribution in [2.45, 2.75) is 122 Å². The van der Waals surface area contributed by atoms with Crippen LogP contribution in [0.3, 0.4) is 0 Å². The molecular weight excluding hydrogens is 372 g/mol. The van der Waals surface area contributed by atoms with Crippen molar-refractivity contribution in [2.75, 3.05) is 19.8 Å². The summed E-state index contributed by atoms with van der Waals surface area (Å²) in [5.41, 5.74) is -1.75. The van der Waals surface area contributed by atoms with Gasteiger partial charge < -0.3 is 24.8 Å². The summed E-state index contributed by atoms with van der Waals surface area (Å²) < 4.78 is 10.1. The second-order valence-corrected chi connectivity index (χ2v) is 9.42. The van der Waals surface area contributed by atoms with Crippen LogP contribution in [0.5, 0.6) is 0 Å². The van der Waals surface area contributed by atoms with Crippen LogP contribution in [-0.2, 0) is 14.3 Å². The fraction of sp³-hybridized carbons (Fsp3) is 0.957. The first kappa shape index (κ1) is 28.3. The predicted octanol–water partition coefficient (Wildman–Crippen LogP) is 4.13. The Morgan fingerprint density at radius 1 is 0.897 bits per heavy atom. The fourth-order valence-corrected chi connectivity index (χ4v) is 3.86. The van der Waals surface area contributed by atoms with Crippen molar-refractivity contribution in [1.29, 1.82) is 0 Å². The Hall–Kier alpha value is -0.690. The Kier molecular flexibility index (Phi) is 13.3. The standard InChI is InChI=1S/C11H20O3.C7H14O2.C4H8O.CH4/c1-10(2,3)14-9(12)8-11(13)6-4-5-7-11;8-6-5-7(9)3-1-2-4-7;1-2-4-5-3-1;/h13H,4-8H2,1-3H3;8-9H,1-6H2;1-4H2;1H4. The molecule has 0 unspecified atom stereocenters. The summed E-state index contributed by atoms with van der Waals surface area (Å²) in [6.07, 6.45) is 10.8. The molecule has 2 aliphatic carbocycles. The first-order chi connectivity index (χ1) is 13.1. The van der Waals surface area contributed by atoms with Crippen molar-refractivity contribution >= 4 is 5.97 Å². The van der Waals surface area contributed by atoms with Crippen LogP contribution >= 0.6 is 0 Å². The highest BCUT2D eigenvalue weighted by Crippen LogP contribution is 2.33. The van der Waals surface area contributed by atoms with Crippen molar-refractivity contribution in [2.24, 2.45) is 0 Å². The molecule has 0 aromatic carbocycles. The predicted molar refractivity (Wildman–Crippen MR) is 116 cm³/mol. The summed E-state index contributed by atoms with van der Waals surface area (Å²) >= 11 is 0. The molecule has 29 heavy (non-hydrogen) atoms. The molecular formula is C23H46O6. The smallest absolute Gasteiger partial charge is 0.309 e. The summed E-state index contributed by atoms with van der Waals surface area (Å²) in [5.74, 6) is -0.290. The maximum atomic E-state index is 11.4. The lowest BCUT2D eigenvalue weighted by Crippen LogP contribution is -2.32. The number of aliphatic hydroxyl groups excluding tert-OH is 1. The number of hydrogen-bond acceptors (Lipinski definition) is 6. The number of esters is 1. The molecule has 1 saturated heterocycles. The van der Waals surface area contributed by atoms with Gasteiger partial charge in [-0.2, -0.15) is 0 Å². The maximum absolute atomic E-state index is 11.4. The molecule has 1 heterocycles. The van der Waals surface area contributed by atoms with Gasteiger partial charge in [-0.3, -0.25) is 4.79 Å². The van der Waals surface area contributed by atoms with Gasteiger partial charge in [-0.25, -0.2) is 0 Å². The summed E-state index contributed by atoms with van der Waals surface area (Å²) in [6, 6.07) is 0. The summed E-state index contributed by atoms with van der Waals surface area (Å²) in [4.78, 5) is 11.4. The molecule has 1 aliphatic heterocycles. The quantitative estimate of drug-likeness (QED) is 0.594. The highest BCUT2D eigenvalue weighted by atomic mass is 16.6. The Morgan fingerprint density at radius 3 is 1.69 bits per heavy atom. The molecule has 6 heteroatoms. The van der Waals surface area contributed by atoms with Gasteiger partial charge in [0.2, 0.25) is 0 Å². The zero-order valence-corrected chi connectivity index (χ0v) is 18.2. The lowest BCUT2D eigenvalue weighted by molar-refractivity contribution is -0.160. The number of carbonyl (C=O) groups is 1. The van der Waals surface area contributed by atoms with Gasteiger partial charge in [0.25, 0.3) is 0 Å². The Morgan fingerprint density at radius 2 is 1.34 bits per heavy atom. The van der Waals surface area contributed by atoms with Gasteiger partial charge in [0.05, 0.1) is 17.6 Å². The highest BCUT2D eigenvalue weighted by Gasteiger charge is 2.35. The molecule has 0 aromatic heterocycles. The minimum atomic E-state index is -0.789. The third kappa shape index (κ3) is 13.3. The van der Waals surface area contributed by atoms with Crippen LogP contribution < -0.4 is 0 Å². The molecule has 3 N–H and O–H groups in total. The van der Waals surface area contributed by atoms with Crippen LogP contribution in [0.2, 0.25) is 0 Å². The second kappa shape index (κ2) is 13.6. The highest BCUT2D eigenvalue weighted by molar-refractivity contribution is 5.71. The molecule has 3 fully saturated rings. The SMILES string of the molecule is C.C1CCOC1.CC(C)(C)OC(=O)CC1(O)CCCC1.OCCC1(O)CCCC1. The maximum Gasteiger partial charge on any atom is 0.309 e. The van der Waals surface area contributed by atoms with E-state index in [1.165, 1.54) is 12.8 Å². The number of carbonyl (C=O) groups excluding carboxylic acids is 1. The van der Waals surface area contributed by atoms with Crippen molar-refractivity contribution < 1.29 is 29.6 Å². The van der Waals surface area contributed by atoms with E-state index in [0.29, 0.717) is 6.42 Å². The Balaban J connectivity index is 0.000000446. The van der Waals surface area contributed by atoms with E-state index >= 15 is 0 Å². The van der Waals surface area contributed by atoms with Crippen LogP contribution in [0, 0.1) is 0 Å². The third-order valence-corrected chi connectivity index (χ3v) is 5.37. The first-order valence-corrected chi connectivity index (χ1v) is 10.9. The third-order valence-electron chi connectivity index (χ3n) is 5.37. The van der Waals surface area contributed by atoms with Crippen molar-refractivity contribution in [3.63, 3.8) is 0 Å². The van der Waals surface area contributed by atoms with Gasteiger partial charge in [0.15, 0.2) is 0 Å².